The van der Waals surface area contributed by atoms with Gasteiger partial charge in [-0.25, -0.2) is 4.39 Å². The summed E-state index contributed by atoms with van der Waals surface area (Å²) in [5.74, 6) is 0.188. The number of carbonyl (C=O) groups excluding carboxylic acids is 1. The molecule has 0 unspecified atom stereocenters. The predicted octanol–water partition coefficient (Wildman–Crippen LogP) is 5.94. The van der Waals surface area contributed by atoms with Gasteiger partial charge in [0.25, 0.3) is 5.91 Å². The van der Waals surface area contributed by atoms with Crippen LogP contribution in [0.3, 0.4) is 0 Å². The number of methoxy groups -OCH3 is 1. The molecule has 174 valence electrons. The van der Waals surface area contributed by atoms with Gasteiger partial charge in [-0.05, 0) is 98.0 Å². The highest BCUT2D eigenvalue weighted by Crippen LogP contribution is 2.46. The van der Waals surface area contributed by atoms with Crippen molar-refractivity contribution in [2.45, 2.75) is 51.2 Å². The number of amides is 1. The molecule has 0 radical (unpaired) electrons. The van der Waals surface area contributed by atoms with Crippen molar-refractivity contribution in [1.29, 1.82) is 0 Å². The summed E-state index contributed by atoms with van der Waals surface area (Å²) >= 11 is 6.77. The molecule has 1 saturated carbocycles. The zero-order chi connectivity index (χ0) is 23.8. The Bertz CT molecular complexity index is 1120. The van der Waals surface area contributed by atoms with Crippen LogP contribution in [-0.4, -0.2) is 35.3 Å². The van der Waals surface area contributed by atoms with Gasteiger partial charge in [-0.2, -0.15) is 0 Å². The van der Waals surface area contributed by atoms with E-state index < -0.39 is 5.54 Å². The molecule has 1 heterocycles. The largest absolute Gasteiger partial charge is 0.441 e. The topological polar surface area (TPSA) is 47.6 Å². The SMILES string of the molecule is COC1CCC2(CC1)NC(=O)C(c1c(C)ccc(-c3ccc(F)cc3)c1C)=C2OC(=S)SC. The van der Waals surface area contributed by atoms with Crippen LogP contribution in [0.15, 0.2) is 42.2 Å². The second-order valence-electron chi connectivity index (χ2n) is 8.67. The molecular formula is C26H28FNO3S2. The molecule has 2 aromatic rings. The fourth-order valence-corrected chi connectivity index (χ4v) is 5.28. The molecule has 4 rings (SSSR count). The second-order valence-corrected chi connectivity index (χ2v) is 10.1. The summed E-state index contributed by atoms with van der Waals surface area (Å²) < 4.78 is 25.7. The third-order valence-electron chi connectivity index (χ3n) is 6.79. The number of thiocarbonyl (C=S) groups is 1. The molecule has 1 aliphatic heterocycles. The van der Waals surface area contributed by atoms with Gasteiger partial charge in [0.2, 0.25) is 4.38 Å². The van der Waals surface area contributed by atoms with E-state index in [1.807, 2.05) is 32.2 Å². The predicted molar refractivity (Wildman–Crippen MR) is 136 cm³/mol. The van der Waals surface area contributed by atoms with E-state index in [2.05, 4.69) is 5.32 Å². The summed E-state index contributed by atoms with van der Waals surface area (Å²) in [6.07, 6.45) is 5.15. The van der Waals surface area contributed by atoms with E-state index >= 15 is 0 Å². The average Bonchev–Trinajstić information content (AvgIpc) is 3.06. The molecule has 1 amide bonds. The third kappa shape index (κ3) is 4.46. The highest BCUT2D eigenvalue weighted by Gasteiger charge is 2.50. The Morgan fingerprint density at radius 2 is 1.82 bits per heavy atom. The lowest BCUT2D eigenvalue weighted by atomic mass is 9.78. The van der Waals surface area contributed by atoms with Crippen LogP contribution in [0.25, 0.3) is 16.7 Å². The minimum absolute atomic E-state index is 0.146. The number of carbonyl (C=O) groups is 1. The number of thioether (sulfide) groups is 1. The van der Waals surface area contributed by atoms with Crippen molar-refractivity contribution in [2.75, 3.05) is 13.4 Å². The number of aryl methyl sites for hydroxylation is 1. The zero-order valence-corrected chi connectivity index (χ0v) is 20.9. The quantitative estimate of drug-likeness (QED) is 0.543. The van der Waals surface area contributed by atoms with Gasteiger partial charge in [-0.15, -0.1) is 0 Å². The van der Waals surface area contributed by atoms with E-state index in [0.29, 0.717) is 15.7 Å². The van der Waals surface area contributed by atoms with E-state index in [-0.39, 0.29) is 17.8 Å². The molecule has 1 N–H and O–H groups in total. The molecule has 7 heteroatoms. The molecule has 0 atom stereocenters. The van der Waals surface area contributed by atoms with Crippen LogP contribution in [0, 0.1) is 19.7 Å². The third-order valence-corrected chi connectivity index (χ3v) is 7.79. The first-order chi connectivity index (χ1) is 15.8. The lowest BCUT2D eigenvalue weighted by Crippen LogP contribution is -2.49. The molecule has 2 aromatic carbocycles. The van der Waals surface area contributed by atoms with Crippen LogP contribution < -0.4 is 5.32 Å². The zero-order valence-electron chi connectivity index (χ0n) is 19.3. The van der Waals surface area contributed by atoms with Gasteiger partial charge in [0, 0.05) is 7.11 Å². The number of halogens is 1. The summed E-state index contributed by atoms with van der Waals surface area (Å²) in [5.41, 5.74) is 4.57. The molecule has 0 bridgehead atoms. The first kappa shape index (κ1) is 23.9. The number of hydrogen-bond donors (Lipinski definition) is 1. The van der Waals surface area contributed by atoms with Gasteiger partial charge in [0.1, 0.15) is 11.6 Å². The molecule has 33 heavy (non-hydrogen) atoms. The molecule has 0 saturated heterocycles. The monoisotopic (exact) mass is 485 g/mol. The summed E-state index contributed by atoms with van der Waals surface area (Å²) in [5, 5.41) is 3.25. The lowest BCUT2D eigenvalue weighted by Gasteiger charge is -2.38. The van der Waals surface area contributed by atoms with E-state index in [9.17, 15) is 9.18 Å². The maximum Gasteiger partial charge on any atom is 0.256 e. The van der Waals surface area contributed by atoms with E-state index in [4.69, 9.17) is 21.7 Å². The fraction of sp³-hybridized carbons (Fsp3) is 0.385. The first-order valence-electron chi connectivity index (χ1n) is 11.0. The summed E-state index contributed by atoms with van der Waals surface area (Å²) in [6, 6.07) is 10.4. The maximum atomic E-state index is 13.5. The lowest BCUT2D eigenvalue weighted by molar-refractivity contribution is -0.116. The Morgan fingerprint density at radius 1 is 1.15 bits per heavy atom. The molecular weight excluding hydrogens is 457 g/mol. The maximum absolute atomic E-state index is 13.5. The van der Waals surface area contributed by atoms with Crippen LogP contribution in [0.4, 0.5) is 4.39 Å². The van der Waals surface area contributed by atoms with Gasteiger partial charge >= 0.3 is 0 Å². The van der Waals surface area contributed by atoms with E-state index in [0.717, 1.165) is 53.5 Å². The molecule has 1 fully saturated rings. The number of ether oxygens (including phenoxy) is 2. The summed E-state index contributed by atoms with van der Waals surface area (Å²) in [4.78, 5) is 13.5. The second kappa shape index (κ2) is 9.57. The van der Waals surface area contributed by atoms with Gasteiger partial charge in [0.15, 0.2) is 0 Å². The van der Waals surface area contributed by atoms with Gasteiger partial charge in [0.05, 0.1) is 17.2 Å². The minimum Gasteiger partial charge on any atom is -0.441 e. The van der Waals surface area contributed by atoms with Crippen molar-refractivity contribution < 1.29 is 18.7 Å². The minimum atomic E-state index is -0.591. The molecule has 4 nitrogen and oxygen atoms in total. The van der Waals surface area contributed by atoms with Crippen LogP contribution >= 0.6 is 24.0 Å². The van der Waals surface area contributed by atoms with Crippen molar-refractivity contribution in [2.24, 2.45) is 0 Å². The van der Waals surface area contributed by atoms with Crippen molar-refractivity contribution in [3.63, 3.8) is 0 Å². The van der Waals surface area contributed by atoms with Crippen LogP contribution in [0.5, 0.6) is 0 Å². The Hall–Kier alpha value is -2.22. The highest BCUT2D eigenvalue weighted by atomic mass is 32.2. The van der Waals surface area contributed by atoms with Crippen LogP contribution in [-0.2, 0) is 14.3 Å². The van der Waals surface area contributed by atoms with Crippen molar-refractivity contribution in [3.05, 3.63) is 64.7 Å². The molecule has 2 aliphatic rings. The number of benzene rings is 2. The van der Waals surface area contributed by atoms with Gasteiger partial charge in [-0.3, -0.25) is 4.79 Å². The number of rotatable bonds is 4. The van der Waals surface area contributed by atoms with Crippen LogP contribution in [0.2, 0.25) is 0 Å². The number of nitrogens with one attached hydrogen (secondary N) is 1. The Kier molecular flexibility index (Phi) is 6.93. The Morgan fingerprint density at radius 3 is 2.42 bits per heavy atom. The van der Waals surface area contributed by atoms with E-state index in [1.54, 1.807) is 19.2 Å². The van der Waals surface area contributed by atoms with Crippen molar-refractivity contribution in [3.8, 4) is 11.1 Å². The Labute approximate surface area is 203 Å². The Balaban J connectivity index is 1.88. The fourth-order valence-electron chi connectivity index (χ4n) is 5.03. The first-order valence-corrected chi connectivity index (χ1v) is 12.7. The molecule has 0 aromatic heterocycles. The molecule has 1 spiro atoms. The van der Waals surface area contributed by atoms with Crippen molar-refractivity contribution in [1.82, 2.24) is 5.32 Å². The average molecular weight is 486 g/mol. The van der Waals surface area contributed by atoms with Crippen molar-refractivity contribution >= 4 is 39.8 Å². The molecule has 1 aliphatic carbocycles. The van der Waals surface area contributed by atoms with Gasteiger partial charge in [-0.1, -0.05) is 36.0 Å². The highest BCUT2D eigenvalue weighted by molar-refractivity contribution is 8.22. The summed E-state index contributed by atoms with van der Waals surface area (Å²) in [7, 11) is 1.73. The van der Waals surface area contributed by atoms with Gasteiger partial charge < -0.3 is 14.8 Å². The summed E-state index contributed by atoms with van der Waals surface area (Å²) in [6.45, 7) is 3.99. The van der Waals surface area contributed by atoms with Crippen LogP contribution in [0.1, 0.15) is 42.4 Å². The normalized spacial score (nSPS) is 22.6. The smallest absolute Gasteiger partial charge is 0.256 e. The standard InChI is InChI=1S/C26H28FNO3S2/c1-15-5-10-20(17-6-8-18(27)9-7-17)16(2)21(15)22-23(31-25(32)33-4)26(28-24(22)29)13-11-19(30-3)12-14-26/h5-10,19H,11-14H2,1-4H3,(H,28,29). The number of hydrogen-bond acceptors (Lipinski definition) is 5. The van der Waals surface area contributed by atoms with E-state index in [1.165, 1.54) is 23.9 Å².